The first-order valence-electron chi connectivity index (χ1n) is 13.6. The van der Waals surface area contributed by atoms with E-state index < -0.39 is 17.6 Å². The lowest BCUT2D eigenvalue weighted by molar-refractivity contribution is -0.137. The number of ether oxygens (including phenoxy) is 1. The number of aromatic nitrogens is 3. The Morgan fingerprint density at radius 3 is 2.33 bits per heavy atom. The van der Waals surface area contributed by atoms with Crippen LogP contribution in [0.15, 0.2) is 79.1 Å². The maximum absolute atomic E-state index is 12.9. The highest BCUT2D eigenvalue weighted by atomic mass is 19.4. The molecule has 0 spiro atoms. The van der Waals surface area contributed by atoms with Gasteiger partial charge in [0.2, 0.25) is 0 Å². The number of aromatic amines is 1. The minimum atomic E-state index is -4.48. The fourth-order valence-corrected chi connectivity index (χ4v) is 5.08. The van der Waals surface area contributed by atoms with E-state index in [-0.39, 0.29) is 11.5 Å². The molecule has 0 bridgehead atoms. The van der Waals surface area contributed by atoms with E-state index in [0.29, 0.717) is 48.9 Å². The first kappa shape index (κ1) is 28.1. The molecule has 1 fully saturated rings. The molecule has 0 unspecified atom stereocenters. The number of fused-ring (bicyclic) bond motifs is 1. The van der Waals surface area contributed by atoms with Crippen LogP contribution in [0.2, 0.25) is 0 Å². The Labute approximate surface area is 244 Å². The van der Waals surface area contributed by atoms with Crippen LogP contribution in [-0.2, 0) is 10.9 Å². The summed E-state index contributed by atoms with van der Waals surface area (Å²) in [5.41, 5.74) is 4.82. The Morgan fingerprint density at radius 2 is 1.63 bits per heavy atom. The number of benzene rings is 3. The average molecular weight is 586 g/mol. The fourth-order valence-electron chi connectivity index (χ4n) is 5.08. The Balaban J connectivity index is 1.26. The second-order valence-corrected chi connectivity index (χ2v) is 10.2. The van der Waals surface area contributed by atoms with Gasteiger partial charge in [0.15, 0.2) is 0 Å². The van der Waals surface area contributed by atoms with E-state index in [2.05, 4.69) is 20.3 Å². The Hall–Kier alpha value is -5.03. The van der Waals surface area contributed by atoms with Gasteiger partial charge in [0.25, 0.3) is 11.8 Å². The van der Waals surface area contributed by atoms with Gasteiger partial charge in [-0.2, -0.15) is 13.2 Å². The highest BCUT2D eigenvalue weighted by molar-refractivity contribution is 6.05. The van der Waals surface area contributed by atoms with Crippen molar-refractivity contribution in [2.75, 3.05) is 31.6 Å². The highest BCUT2D eigenvalue weighted by Crippen LogP contribution is 2.34. The molecule has 0 saturated carbocycles. The molecule has 3 aromatic carbocycles. The third-order valence-corrected chi connectivity index (χ3v) is 7.48. The molecular weight excluding hydrogens is 559 g/mol. The smallest absolute Gasteiger partial charge is 0.378 e. The van der Waals surface area contributed by atoms with Crippen molar-refractivity contribution < 1.29 is 27.5 Å². The monoisotopic (exact) mass is 585 g/mol. The van der Waals surface area contributed by atoms with E-state index >= 15 is 0 Å². The van der Waals surface area contributed by atoms with Crippen molar-refractivity contribution in [1.29, 1.82) is 0 Å². The fraction of sp³-hybridized carbons (Fsp3) is 0.188. The number of carbonyl (C=O) groups is 2. The number of morpholine rings is 1. The quantitative estimate of drug-likeness (QED) is 0.251. The number of amides is 2. The normalized spacial score (nSPS) is 13.7. The summed E-state index contributed by atoms with van der Waals surface area (Å²) in [5.74, 6) is -0.554. The van der Waals surface area contributed by atoms with Gasteiger partial charge in [-0.3, -0.25) is 9.59 Å². The van der Waals surface area contributed by atoms with E-state index in [0.717, 1.165) is 52.0 Å². The van der Waals surface area contributed by atoms with Crippen LogP contribution in [0.3, 0.4) is 0 Å². The van der Waals surface area contributed by atoms with Crippen molar-refractivity contribution in [3.8, 4) is 22.5 Å². The molecule has 1 aliphatic heterocycles. The van der Waals surface area contributed by atoms with E-state index in [1.165, 1.54) is 6.33 Å². The maximum atomic E-state index is 12.9. The topological polar surface area (TPSA) is 100 Å². The number of halogens is 3. The predicted molar refractivity (Wildman–Crippen MR) is 156 cm³/mol. The number of nitrogens with one attached hydrogen (secondary N) is 2. The predicted octanol–water partition coefficient (Wildman–Crippen LogP) is 6.34. The Morgan fingerprint density at radius 1 is 0.930 bits per heavy atom. The number of hydrogen-bond acceptors (Lipinski definition) is 5. The molecule has 2 N–H and O–H groups in total. The van der Waals surface area contributed by atoms with Gasteiger partial charge in [-0.05, 0) is 66.6 Å². The summed E-state index contributed by atoms with van der Waals surface area (Å²) in [4.78, 5) is 39.7. The molecule has 0 aliphatic carbocycles. The Bertz CT molecular complexity index is 1810. The maximum Gasteiger partial charge on any atom is 0.416 e. The summed E-state index contributed by atoms with van der Waals surface area (Å²) in [7, 11) is 0. The molecule has 5 aromatic rings. The molecule has 8 nitrogen and oxygen atoms in total. The van der Waals surface area contributed by atoms with Gasteiger partial charge < -0.3 is 19.9 Å². The lowest BCUT2D eigenvalue weighted by atomic mass is 10.0. The van der Waals surface area contributed by atoms with Crippen LogP contribution in [0.4, 0.5) is 18.9 Å². The van der Waals surface area contributed by atoms with Crippen LogP contribution in [0, 0.1) is 6.92 Å². The van der Waals surface area contributed by atoms with E-state index in [1.54, 1.807) is 29.2 Å². The third-order valence-electron chi connectivity index (χ3n) is 7.48. The molecule has 1 aliphatic rings. The summed E-state index contributed by atoms with van der Waals surface area (Å²) in [5, 5.41) is 3.57. The standard InChI is InChI=1S/C32H26F3N5O3/c1-19-24(3-2-4-26(19)39-30(41)21-9-11-23(12-10-21)32(33,34)35)28-25-17-27(38-29(25)37-18-36-28)20-5-7-22(8-6-20)31(42)40-13-15-43-16-14-40/h2-12,17-18H,13-16H2,1H3,(H,39,41)(H,36,37,38). The summed E-state index contributed by atoms with van der Waals surface area (Å²) in [6, 6.07) is 18.8. The number of rotatable bonds is 5. The number of H-pyrrole nitrogens is 1. The third kappa shape index (κ3) is 5.71. The van der Waals surface area contributed by atoms with Crippen molar-refractivity contribution >= 4 is 28.5 Å². The molecule has 0 radical (unpaired) electrons. The van der Waals surface area contributed by atoms with Crippen LogP contribution in [0.25, 0.3) is 33.5 Å². The molecule has 6 rings (SSSR count). The first-order chi connectivity index (χ1) is 20.7. The summed E-state index contributed by atoms with van der Waals surface area (Å²) in [6.45, 7) is 4.06. The molecule has 1 saturated heterocycles. The number of carbonyl (C=O) groups excluding carboxylic acids is 2. The summed E-state index contributed by atoms with van der Waals surface area (Å²) < 4.78 is 44.1. The average Bonchev–Trinajstić information content (AvgIpc) is 3.47. The van der Waals surface area contributed by atoms with Gasteiger partial charge in [-0.15, -0.1) is 0 Å². The van der Waals surface area contributed by atoms with Crippen molar-refractivity contribution in [3.05, 3.63) is 101 Å². The van der Waals surface area contributed by atoms with E-state index in [9.17, 15) is 22.8 Å². The molecule has 2 aromatic heterocycles. The minimum absolute atomic E-state index is 0.0274. The Kier molecular flexibility index (Phi) is 7.41. The zero-order valence-electron chi connectivity index (χ0n) is 23.0. The summed E-state index contributed by atoms with van der Waals surface area (Å²) >= 11 is 0. The van der Waals surface area contributed by atoms with Crippen molar-refractivity contribution in [3.63, 3.8) is 0 Å². The second-order valence-electron chi connectivity index (χ2n) is 10.2. The van der Waals surface area contributed by atoms with Crippen LogP contribution < -0.4 is 5.32 Å². The minimum Gasteiger partial charge on any atom is -0.378 e. The van der Waals surface area contributed by atoms with Crippen LogP contribution >= 0.6 is 0 Å². The van der Waals surface area contributed by atoms with Gasteiger partial charge in [0.1, 0.15) is 12.0 Å². The molecular formula is C32H26F3N5O3. The summed E-state index contributed by atoms with van der Waals surface area (Å²) in [6.07, 6.45) is -3.03. The van der Waals surface area contributed by atoms with Gasteiger partial charge >= 0.3 is 6.18 Å². The van der Waals surface area contributed by atoms with Gasteiger partial charge in [-0.1, -0.05) is 24.3 Å². The van der Waals surface area contributed by atoms with Gasteiger partial charge in [0, 0.05) is 46.5 Å². The van der Waals surface area contributed by atoms with Gasteiger partial charge in [0.05, 0.1) is 24.5 Å². The lowest BCUT2D eigenvalue weighted by Gasteiger charge is -2.26. The molecule has 11 heteroatoms. The first-order valence-corrected chi connectivity index (χ1v) is 13.6. The number of hydrogen-bond donors (Lipinski definition) is 2. The number of nitrogens with zero attached hydrogens (tertiary/aromatic N) is 3. The number of anilines is 1. The van der Waals surface area contributed by atoms with Crippen molar-refractivity contribution in [1.82, 2.24) is 19.9 Å². The second kappa shape index (κ2) is 11.3. The van der Waals surface area contributed by atoms with Crippen molar-refractivity contribution in [2.45, 2.75) is 13.1 Å². The highest BCUT2D eigenvalue weighted by Gasteiger charge is 2.30. The number of alkyl halides is 3. The van der Waals surface area contributed by atoms with E-state index in [1.807, 2.05) is 31.2 Å². The lowest BCUT2D eigenvalue weighted by Crippen LogP contribution is -2.40. The largest absolute Gasteiger partial charge is 0.416 e. The molecule has 2 amide bonds. The molecule has 218 valence electrons. The van der Waals surface area contributed by atoms with Crippen LogP contribution in [0.5, 0.6) is 0 Å². The van der Waals surface area contributed by atoms with Crippen molar-refractivity contribution in [2.24, 2.45) is 0 Å². The van der Waals surface area contributed by atoms with Crippen LogP contribution in [0.1, 0.15) is 31.8 Å². The zero-order chi connectivity index (χ0) is 30.1. The van der Waals surface area contributed by atoms with Crippen LogP contribution in [-0.4, -0.2) is 58.0 Å². The molecule has 3 heterocycles. The SMILES string of the molecule is Cc1c(NC(=O)c2ccc(C(F)(F)F)cc2)cccc1-c1ncnc2[nH]c(-c3ccc(C(=O)N4CCOCC4)cc3)cc12. The van der Waals surface area contributed by atoms with Gasteiger partial charge in [-0.25, -0.2) is 9.97 Å². The molecule has 0 atom stereocenters. The zero-order valence-corrected chi connectivity index (χ0v) is 23.0. The molecule has 43 heavy (non-hydrogen) atoms. The van der Waals surface area contributed by atoms with E-state index in [4.69, 9.17) is 4.74 Å².